The first-order chi connectivity index (χ1) is 6.99. The molecule has 1 rings (SSSR count). The van der Waals surface area contributed by atoms with Crippen molar-refractivity contribution in [3.8, 4) is 5.75 Å². The third-order valence-electron chi connectivity index (χ3n) is 2.53. The maximum absolute atomic E-state index is 11.3. The van der Waals surface area contributed by atoms with Gasteiger partial charge in [-0.25, -0.2) is 0 Å². The van der Waals surface area contributed by atoms with Crippen LogP contribution in [0.1, 0.15) is 27.7 Å². The Morgan fingerprint density at radius 3 is 2.27 bits per heavy atom. The van der Waals surface area contributed by atoms with Crippen LogP contribution in [-0.4, -0.2) is 12.6 Å². The van der Waals surface area contributed by atoms with Gasteiger partial charge in [0, 0.05) is 6.04 Å². The Morgan fingerprint density at radius 2 is 1.80 bits per heavy atom. The van der Waals surface area contributed by atoms with Gasteiger partial charge >= 0.3 is 0 Å². The molecule has 0 aliphatic carbocycles. The molecule has 0 bridgehead atoms. The summed E-state index contributed by atoms with van der Waals surface area (Å²) in [7, 11) is 0. The van der Waals surface area contributed by atoms with Gasteiger partial charge in [-0.05, 0) is 19.8 Å². The summed E-state index contributed by atoms with van der Waals surface area (Å²) in [5.41, 5.74) is -0.649. The normalized spacial score (nSPS) is 13.1. The van der Waals surface area contributed by atoms with E-state index in [0.29, 0.717) is 18.2 Å². The zero-order valence-electron chi connectivity index (χ0n) is 9.59. The number of nitrogens with one attached hydrogen (secondary N) is 1. The highest BCUT2D eigenvalue weighted by Crippen LogP contribution is 2.19. The molecule has 1 N–H and O–H groups in total. The second-order valence-electron chi connectivity index (χ2n) is 3.97. The molecule has 84 valence electrons. The molecule has 0 aliphatic rings. The predicted octanol–water partition coefficient (Wildman–Crippen LogP) is 1.14. The van der Waals surface area contributed by atoms with Crippen molar-refractivity contribution in [2.45, 2.75) is 33.7 Å². The van der Waals surface area contributed by atoms with Gasteiger partial charge in [0.05, 0.1) is 6.61 Å². The molecule has 4 nitrogen and oxygen atoms in total. The molecule has 0 saturated carbocycles. The lowest BCUT2D eigenvalue weighted by Gasteiger charge is -2.21. The van der Waals surface area contributed by atoms with Gasteiger partial charge in [-0.3, -0.25) is 9.59 Å². The van der Waals surface area contributed by atoms with Crippen LogP contribution in [0.25, 0.3) is 0 Å². The fourth-order valence-electron chi connectivity index (χ4n) is 1.18. The Hall–Kier alpha value is -1.32. The average Bonchev–Trinajstić information content (AvgIpc) is 2.22. The molecule has 0 aromatic heterocycles. The van der Waals surface area contributed by atoms with E-state index in [4.69, 9.17) is 4.74 Å². The zero-order chi connectivity index (χ0) is 11.6. The van der Waals surface area contributed by atoms with Crippen LogP contribution in [0.4, 0.5) is 5.69 Å². The van der Waals surface area contributed by atoms with E-state index in [1.165, 1.54) is 0 Å². The molecule has 0 heterocycles. The third kappa shape index (κ3) is 2.19. The van der Waals surface area contributed by atoms with Crippen LogP contribution in [0.15, 0.2) is 9.59 Å². The first-order valence-corrected chi connectivity index (χ1v) is 5.21. The first-order valence-electron chi connectivity index (χ1n) is 5.21. The van der Waals surface area contributed by atoms with Gasteiger partial charge in [-0.2, -0.15) is 0 Å². The van der Waals surface area contributed by atoms with Gasteiger partial charge in [0.1, 0.15) is 5.69 Å². The van der Waals surface area contributed by atoms with Crippen LogP contribution in [0.5, 0.6) is 5.75 Å². The molecule has 15 heavy (non-hydrogen) atoms. The van der Waals surface area contributed by atoms with E-state index in [0.717, 1.165) is 0 Å². The lowest BCUT2D eigenvalue weighted by Crippen LogP contribution is -2.38. The summed E-state index contributed by atoms with van der Waals surface area (Å²) in [5.74, 6) is 0.582. The Bertz CT molecular complexity index is 402. The summed E-state index contributed by atoms with van der Waals surface area (Å²) in [6.45, 7) is 8.24. The van der Waals surface area contributed by atoms with Crippen LogP contribution in [0.3, 0.4) is 0 Å². The minimum atomic E-state index is -0.518. The van der Waals surface area contributed by atoms with E-state index >= 15 is 0 Å². The van der Waals surface area contributed by atoms with Crippen molar-refractivity contribution >= 4 is 5.69 Å². The lowest BCUT2D eigenvalue weighted by atomic mass is 10.1. The standard InChI is InChI=1S/C11H17NO3/c1-5-15-11-8(9(13)10(11)14)12-7(4)6(2)3/h6-7,12H,5H2,1-4H3. The second-order valence-corrected chi connectivity index (χ2v) is 3.97. The van der Waals surface area contributed by atoms with E-state index in [-0.39, 0.29) is 11.8 Å². The smallest absolute Gasteiger partial charge is 0.272 e. The molecule has 0 fully saturated rings. The Labute approximate surface area is 89.0 Å². The third-order valence-corrected chi connectivity index (χ3v) is 2.53. The molecule has 1 aromatic carbocycles. The number of rotatable bonds is 5. The monoisotopic (exact) mass is 211 g/mol. The molecule has 1 aromatic rings. The fraction of sp³-hybridized carbons (Fsp3) is 0.636. The van der Waals surface area contributed by atoms with Gasteiger partial charge < -0.3 is 10.1 Å². The Balaban J connectivity index is 2.82. The van der Waals surface area contributed by atoms with Gasteiger partial charge in [0.15, 0.2) is 5.75 Å². The van der Waals surface area contributed by atoms with Crippen molar-refractivity contribution in [3.05, 3.63) is 20.4 Å². The molecular weight excluding hydrogens is 194 g/mol. The van der Waals surface area contributed by atoms with Crippen molar-refractivity contribution in [1.82, 2.24) is 0 Å². The topological polar surface area (TPSA) is 55.4 Å². The number of hydrogen-bond acceptors (Lipinski definition) is 4. The Kier molecular flexibility index (Phi) is 3.50. The molecule has 0 amide bonds. The molecule has 1 atom stereocenters. The highest BCUT2D eigenvalue weighted by atomic mass is 16.5. The average molecular weight is 211 g/mol. The molecule has 0 saturated heterocycles. The van der Waals surface area contributed by atoms with Crippen molar-refractivity contribution in [1.29, 1.82) is 0 Å². The largest absolute Gasteiger partial charge is 0.488 e. The summed E-state index contributed by atoms with van der Waals surface area (Å²) >= 11 is 0. The molecule has 0 spiro atoms. The SMILES string of the molecule is CCOc1c(NC(C)C(C)C)c(=O)c1=O. The number of hydrogen-bond donors (Lipinski definition) is 1. The van der Waals surface area contributed by atoms with Gasteiger partial charge in [-0.15, -0.1) is 0 Å². The van der Waals surface area contributed by atoms with Gasteiger partial charge in [0.25, 0.3) is 10.9 Å². The van der Waals surface area contributed by atoms with Gasteiger partial charge in [0.2, 0.25) is 0 Å². The summed E-state index contributed by atoms with van der Waals surface area (Å²) in [4.78, 5) is 22.4. The second kappa shape index (κ2) is 4.47. The Morgan fingerprint density at radius 1 is 1.20 bits per heavy atom. The summed E-state index contributed by atoms with van der Waals surface area (Å²) in [6.07, 6.45) is 0. The van der Waals surface area contributed by atoms with E-state index in [2.05, 4.69) is 5.32 Å². The van der Waals surface area contributed by atoms with Gasteiger partial charge in [-0.1, -0.05) is 13.8 Å². The van der Waals surface area contributed by atoms with Crippen LogP contribution >= 0.6 is 0 Å². The van der Waals surface area contributed by atoms with Crippen LogP contribution in [0.2, 0.25) is 0 Å². The summed E-state index contributed by atoms with van der Waals surface area (Å²) in [5, 5.41) is 3.02. The van der Waals surface area contributed by atoms with E-state index in [1.54, 1.807) is 6.92 Å². The summed E-state index contributed by atoms with van der Waals surface area (Å²) < 4.78 is 5.10. The number of ether oxygens (including phenoxy) is 1. The van der Waals surface area contributed by atoms with E-state index < -0.39 is 10.9 Å². The number of anilines is 1. The molecule has 0 aliphatic heterocycles. The van der Waals surface area contributed by atoms with Crippen molar-refractivity contribution in [2.24, 2.45) is 5.92 Å². The maximum atomic E-state index is 11.3. The zero-order valence-corrected chi connectivity index (χ0v) is 9.59. The molecule has 0 radical (unpaired) electrons. The van der Waals surface area contributed by atoms with E-state index in [9.17, 15) is 9.59 Å². The van der Waals surface area contributed by atoms with Crippen molar-refractivity contribution in [3.63, 3.8) is 0 Å². The quantitative estimate of drug-likeness (QED) is 0.742. The fourth-order valence-corrected chi connectivity index (χ4v) is 1.18. The highest BCUT2D eigenvalue weighted by Gasteiger charge is 2.23. The minimum absolute atomic E-state index is 0.146. The molecular formula is C11H17NO3. The summed E-state index contributed by atoms with van der Waals surface area (Å²) in [6, 6.07) is 0.146. The molecule has 1 unspecified atom stereocenters. The highest BCUT2D eigenvalue weighted by molar-refractivity contribution is 5.62. The molecule has 4 heteroatoms. The predicted molar refractivity (Wildman–Crippen MR) is 60.4 cm³/mol. The van der Waals surface area contributed by atoms with Crippen molar-refractivity contribution < 1.29 is 4.74 Å². The maximum Gasteiger partial charge on any atom is 0.272 e. The van der Waals surface area contributed by atoms with Crippen molar-refractivity contribution in [2.75, 3.05) is 11.9 Å². The van der Waals surface area contributed by atoms with Crippen LogP contribution < -0.4 is 20.9 Å². The van der Waals surface area contributed by atoms with E-state index in [1.807, 2.05) is 20.8 Å². The van der Waals surface area contributed by atoms with Crippen LogP contribution in [0, 0.1) is 5.92 Å². The minimum Gasteiger partial charge on any atom is -0.488 e. The lowest BCUT2D eigenvalue weighted by molar-refractivity contribution is 0.334. The first kappa shape index (κ1) is 11.8. The van der Waals surface area contributed by atoms with Crippen LogP contribution in [-0.2, 0) is 0 Å².